The van der Waals surface area contributed by atoms with Crippen LogP contribution in [-0.4, -0.2) is 29.5 Å². The maximum Gasteiger partial charge on any atom is 0.127 e. The fourth-order valence-electron chi connectivity index (χ4n) is 1.02. The highest BCUT2D eigenvalue weighted by Crippen LogP contribution is 2.20. The second kappa shape index (κ2) is 5.65. The number of aliphatic hydroxyl groups is 2. The van der Waals surface area contributed by atoms with Crippen LogP contribution in [0.5, 0.6) is 5.75 Å². The van der Waals surface area contributed by atoms with Gasteiger partial charge in [-0.2, -0.15) is 0 Å². The van der Waals surface area contributed by atoms with E-state index >= 15 is 0 Å². The van der Waals surface area contributed by atoms with Crippen LogP contribution in [-0.2, 0) is 11.7 Å². The molecule has 1 rings (SSSR count). The van der Waals surface area contributed by atoms with Crippen molar-refractivity contribution in [3.63, 3.8) is 0 Å². The second-order valence-corrected chi connectivity index (χ2v) is 3.04. The van der Waals surface area contributed by atoms with E-state index in [0.717, 1.165) is 6.07 Å². The first-order chi connectivity index (χ1) is 7.17. The lowest BCUT2D eigenvalue weighted by atomic mass is 10.2. The fraction of sp³-hybridized carbons (Fsp3) is 0.400. The highest BCUT2D eigenvalue weighted by Gasteiger charge is 2.08. The molecule has 2 N–H and O–H groups in total. The zero-order chi connectivity index (χ0) is 11.3. The maximum atomic E-state index is 12.8. The second-order valence-electron chi connectivity index (χ2n) is 3.04. The molecule has 1 atom stereocenters. The van der Waals surface area contributed by atoms with Gasteiger partial charge in [-0.25, -0.2) is 9.50 Å². The van der Waals surface area contributed by atoms with Crippen LogP contribution >= 0.6 is 0 Å². The van der Waals surface area contributed by atoms with Gasteiger partial charge < -0.3 is 14.9 Å². The van der Waals surface area contributed by atoms with Gasteiger partial charge in [-0.1, -0.05) is 0 Å². The van der Waals surface area contributed by atoms with Gasteiger partial charge in [0.05, 0.1) is 6.61 Å². The zero-order valence-electron chi connectivity index (χ0n) is 8.02. The number of ether oxygens (including phenoxy) is 1. The lowest BCUT2D eigenvalue weighted by Gasteiger charge is -2.12. The first-order valence-corrected chi connectivity index (χ1v) is 4.45. The molecule has 1 unspecified atom stereocenters. The molecular formula is C10H12FO4. The Hall–Kier alpha value is -1.17. The molecule has 1 radical (unpaired) electrons. The van der Waals surface area contributed by atoms with Crippen LogP contribution < -0.4 is 4.74 Å². The Morgan fingerprint density at radius 2 is 2.20 bits per heavy atom. The Bertz CT molecular complexity index is 316. The van der Waals surface area contributed by atoms with Gasteiger partial charge in [-0.15, -0.1) is 0 Å². The summed E-state index contributed by atoms with van der Waals surface area (Å²) in [5.74, 6) is -0.404. The average Bonchev–Trinajstić information content (AvgIpc) is 2.26. The number of halogens is 1. The van der Waals surface area contributed by atoms with Gasteiger partial charge >= 0.3 is 0 Å². The van der Waals surface area contributed by atoms with Crippen molar-refractivity contribution >= 4 is 0 Å². The molecule has 1 aromatic carbocycles. The minimum absolute atomic E-state index is 0.109. The van der Waals surface area contributed by atoms with Crippen LogP contribution in [0.15, 0.2) is 18.2 Å². The topological polar surface area (TPSA) is 69.6 Å². The van der Waals surface area contributed by atoms with E-state index in [2.05, 4.69) is 0 Å². The van der Waals surface area contributed by atoms with Crippen molar-refractivity contribution in [2.45, 2.75) is 12.7 Å². The molecule has 0 aliphatic carbocycles. The molecule has 0 aromatic heterocycles. The Morgan fingerprint density at radius 3 is 2.80 bits per heavy atom. The molecule has 0 saturated heterocycles. The third-order valence-corrected chi connectivity index (χ3v) is 1.83. The Morgan fingerprint density at radius 1 is 1.47 bits per heavy atom. The highest BCUT2D eigenvalue weighted by atomic mass is 19.1. The third kappa shape index (κ3) is 3.47. The van der Waals surface area contributed by atoms with Gasteiger partial charge in [0.1, 0.15) is 30.9 Å². The predicted octanol–water partition coefficient (Wildman–Crippen LogP) is 0.488. The first kappa shape index (κ1) is 11.9. The molecule has 1 aromatic rings. The van der Waals surface area contributed by atoms with E-state index in [1.165, 1.54) is 12.1 Å². The monoisotopic (exact) mass is 215 g/mol. The molecule has 0 spiro atoms. The van der Waals surface area contributed by atoms with Crippen molar-refractivity contribution < 1.29 is 24.4 Å². The summed E-state index contributed by atoms with van der Waals surface area (Å²) < 4.78 is 17.8. The van der Waals surface area contributed by atoms with E-state index in [9.17, 15) is 9.50 Å². The molecule has 0 amide bonds. The lowest BCUT2D eigenvalue weighted by Crippen LogP contribution is -2.21. The molecule has 0 aliphatic rings. The number of rotatable bonds is 5. The molecule has 0 bridgehead atoms. The summed E-state index contributed by atoms with van der Waals surface area (Å²) in [6.45, 7) is -1.14. The fourth-order valence-corrected chi connectivity index (χ4v) is 1.02. The summed E-state index contributed by atoms with van der Waals surface area (Å²) in [5.41, 5.74) is 0.321. The Balaban J connectivity index is 2.69. The summed E-state index contributed by atoms with van der Waals surface area (Å²) in [6, 6.07) is 3.59. The number of benzene rings is 1. The molecule has 15 heavy (non-hydrogen) atoms. The largest absolute Gasteiger partial charge is 0.490 e. The smallest absolute Gasteiger partial charge is 0.127 e. The highest BCUT2D eigenvalue weighted by molar-refractivity contribution is 5.33. The number of hydrogen-bond donors (Lipinski definition) is 2. The SMILES string of the molecule is [O]Cc1ccc(F)cc1OCC(O)CO. The Kier molecular flexibility index (Phi) is 4.48. The third-order valence-electron chi connectivity index (χ3n) is 1.83. The first-order valence-electron chi connectivity index (χ1n) is 4.45. The number of hydrogen-bond acceptors (Lipinski definition) is 3. The van der Waals surface area contributed by atoms with Gasteiger partial charge in [0.2, 0.25) is 0 Å². The van der Waals surface area contributed by atoms with E-state index in [1.54, 1.807) is 0 Å². The molecule has 4 nitrogen and oxygen atoms in total. The summed E-state index contributed by atoms with van der Waals surface area (Å²) in [6.07, 6.45) is -1.03. The van der Waals surface area contributed by atoms with E-state index in [4.69, 9.17) is 14.9 Å². The molecule has 0 heterocycles. The molecule has 0 fully saturated rings. The number of aliphatic hydroxyl groups excluding tert-OH is 2. The molecule has 0 aliphatic heterocycles. The van der Waals surface area contributed by atoms with E-state index in [0.29, 0.717) is 5.56 Å². The van der Waals surface area contributed by atoms with Crippen LogP contribution in [0.4, 0.5) is 4.39 Å². The van der Waals surface area contributed by atoms with Crippen molar-refractivity contribution in [3.05, 3.63) is 29.6 Å². The Labute approximate surface area is 86.6 Å². The maximum absolute atomic E-state index is 12.8. The predicted molar refractivity (Wildman–Crippen MR) is 49.4 cm³/mol. The van der Waals surface area contributed by atoms with Gasteiger partial charge in [-0.05, 0) is 12.1 Å². The van der Waals surface area contributed by atoms with Crippen LogP contribution in [0, 0.1) is 5.82 Å². The van der Waals surface area contributed by atoms with Crippen molar-refractivity contribution in [1.29, 1.82) is 0 Å². The molecule has 83 valence electrons. The molecule has 5 heteroatoms. The van der Waals surface area contributed by atoms with Crippen LogP contribution in [0.2, 0.25) is 0 Å². The molecular weight excluding hydrogens is 203 g/mol. The standard InChI is InChI=1S/C10H12FO4/c11-8-2-1-7(4-12)10(3-8)15-6-9(14)5-13/h1-3,9,13-14H,4-6H2. The van der Waals surface area contributed by atoms with Gasteiger partial charge in [-0.3, -0.25) is 0 Å². The van der Waals surface area contributed by atoms with Crippen molar-refractivity contribution in [2.75, 3.05) is 13.2 Å². The summed E-state index contributed by atoms with van der Waals surface area (Å²) in [7, 11) is 0. The summed E-state index contributed by atoms with van der Waals surface area (Å²) in [5, 5.41) is 28.2. The van der Waals surface area contributed by atoms with Crippen LogP contribution in [0.3, 0.4) is 0 Å². The van der Waals surface area contributed by atoms with E-state index < -0.39 is 25.1 Å². The van der Waals surface area contributed by atoms with Crippen LogP contribution in [0.25, 0.3) is 0 Å². The average molecular weight is 215 g/mol. The van der Waals surface area contributed by atoms with Gasteiger partial charge in [0, 0.05) is 11.6 Å². The van der Waals surface area contributed by atoms with E-state index in [-0.39, 0.29) is 12.4 Å². The van der Waals surface area contributed by atoms with E-state index in [1.807, 2.05) is 0 Å². The zero-order valence-corrected chi connectivity index (χ0v) is 8.02. The summed E-state index contributed by atoms with van der Waals surface area (Å²) in [4.78, 5) is 0. The quantitative estimate of drug-likeness (QED) is 0.750. The van der Waals surface area contributed by atoms with Gasteiger partial charge in [0.25, 0.3) is 0 Å². The van der Waals surface area contributed by atoms with Crippen molar-refractivity contribution in [3.8, 4) is 5.75 Å². The normalized spacial score (nSPS) is 12.5. The lowest BCUT2D eigenvalue weighted by molar-refractivity contribution is 0.0523. The molecule has 0 saturated carbocycles. The van der Waals surface area contributed by atoms with Crippen molar-refractivity contribution in [2.24, 2.45) is 0 Å². The minimum atomic E-state index is -1.03. The van der Waals surface area contributed by atoms with Gasteiger partial charge in [0.15, 0.2) is 0 Å². The van der Waals surface area contributed by atoms with Crippen LogP contribution in [0.1, 0.15) is 5.56 Å². The van der Waals surface area contributed by atoms with Crippen molar-refractivity contribution in [1.82, 2.24) is 0 Å². The minimum Gasteiger partial charge on any atom is -0.490 e. The summed E-state index contributed by atoms with van der Waals surface area (Å²) >= 11 is 0.